The molecule has 0 radical (unpaired) electrons. The van der Waals surface area contributed by atoms with Crippen molar-refractivity contribution in [1.82, 2.24) is 15.0 Å². The zero-order valence-corrected chi connectivity index (χ0v) is 15.7. The third kappa shape index (κ3) is 4.36. The molecule has 2 aromatic heterocycles. The largest absolute Gasteiger partial charge is 0.464 e. The van der Waals surface area contributed by atoms with E-state index >= 15 is 0 Å². The van der Waals surface area contributed by atoms with Gasteiger partial charge in [0.05, 0.1) is 16.7 Å². The zero-order chi connectivity index (χ0) is 18.1. The summed E-state index contributed by atoms with van der Waals surface area (Å²) in [5.41, 5.74) is 12.1. The predicted octanol–water partition coefficient (Wildman–Crippen LogP) is 2.91. The van der Waals surface area contributed by atoms with Crippen molar-refractivity contribution in [3.8, 4) is 17.0 Å². The Bertz CT molecular complexity index is 785. The van der Waals surface area contributed by atoms with E-state index in [2.05, 4.69) is 26.8 Å². The number of aryl methyl sites for hydroxylation is 1. The van der Waals surface area contributed by atoms with Gasteiger partial charge >= 0.3 is 0 Å². The predicted molar refractivity (Wildman–Crippen MR) is 98.0 cm³/mol. The molecule has 0 fully saturated rings. The second-order valence-corrected chi connectivity index (χ2v) is 8.00. The molecule has 7 heteroatoms. The molecular weight excluding hydrogens is 322 g/mol. The van der Waals surface area contributed by atoms with Gasteiger partial charge in [0.15, 0.2) is 0 Å². The van der Waals surface area contributed by atoms with Crippen LogP contribution in [0.25, 0.3) is 0 Å². The summed E-state index contributed by atoms with van der Waals surface area (Å²) in [7, 11) is 0. The Hall–Kier alpha value is -2.33. The first-order chi connectivity index (χ1) is 11.0. The highest BCUT2D eigenvalue weighted by Gasteiger charge is 2.23. The first-order valence-corrected chi connectivity index (χ1v) is 8.38. The van der Waals surface area contributed by atoms with Crippen molar-refractivity contribution >= 4 is 23.1 Å². The number of hydrogen-bond acceptors (Lipinski definition) is 7. The molecule has 0 aliphatic rings. The van der Waals surface area contributed by atoms with Gasteiger partial charge in [-0.2, -0.15) is 4.98 Å². The Morgan fingerprint density at radius 2 is 1.79 bits per heavy atom. The summed E-state index contributed by atoms with van der Waals surface area (Å²) in [6.07, 6.45) is 1.80. The van der Waals surface area contributed by atoms with E-state index in [1.807, 2.05) is 41.5 Å². The van der Waals surface area contributed by atoms with Crippen LogP contribution in [0.4, 0.5) is 11.8 Å². The highest BCUT2D eigenvalue weighted by Crippen LogP contribution is 2.33. The third-order valence-corrected chi connectivity index (χ3v) is 4.33. The number of hydrogen-bond donors (Lipinski definition) is 2. The highest BCUT2D eigenvalue weighted by molar-refractivity contribution is 7.13. The summed E-state index contributed by atoms with van der Waals surface area (Å²) >= 11 is 1.49. The number of aromatic nitrogens is 3. The third-order valence-electron chi connectivity index (χ3n) is 3.13. The lowest BCUT2D eigenvalue weighted by atomic mass is 9.92. The molecular formula is C17H23N5OS. The molecule has 0 aromatic carbocycles. The second kappa shape index (κ2) is 6.29. The van der Waals surface area contributed by atoms with E-state index < -0.39 is 5.41 Å². The minimum atomic E-state index is -0.405. The molecule has 0 atom stereocenters. The molecule has 24 heavy (non-hydrogen) atoms. The molecule has 4 N–H and O–H groups in total. The quantitative estimate of drug-likeness (QED) is 0.812. The molecule has 2 rings (SSSR count). The van der Waals surface area contributed by atoms with E-state index in [0.717, 1.165) is 4.88 Å². The van der Waals surface area contributed by atoms with Crippen molar-refractivity contribution in [2.45, 2.75) is 52.6 Å². The maximum atomic E-state index is 5.90. The van der Waals surface area contributed by atoms with Crippen LogP contribution in [0, 0.1) is 18.8 Å². The standard InChI is InChI=1S/C17H23N5OS/c1-10-11(13(18)22-14(19)21-10)7-8-17(5,6)12-9-20-15(24-12)23-16(2,3)4/h9H,1-6H3,(H4,18,19,21,22). The van der Waals surface area contributed by atoms with E-state index in [0.29, 0.717) is 22.3 Å². The van der Waals surface area contributed by atoms with Crippen molar-refractivity contribution in [3.63, 3.8) is 0 Å². The smallest absolute Gasteiger partial charge is 0.273 e. The summed E-state index contributed by atoms with van der Waals surface area (Å²) in [5, 5.41) is 0.638. The van der Waals surface area contributed by atoms with Gasteiger partial charge in [-0.3, -0.25) is 0 Å². The van der Waals surface area contributed by atoms with Crippen LogP contribution in [-0.2, 0) is 5.41 Å². The van der Waals surface area contributed by atoms with Crippen molar-refractivity contribution < 1.29 is 4.74 Å². The zero-order valence-electron chi connectivity index (χ0n) is 14.9. The summed E-state index contributed by atoms with van der Waals surface area (Å²) in [4.78, 5) is 13.4. The van der Waals surface area contributed by atoms with Gasteiger partial charge in [0, 0.05) is 11.1 Å². The first-order valence-electron chi connectivity index (χ1n) is 7.56. The lowest BCUT2D eigenvalue weighted by Crippen LogP contribution is -2.22. The normalized spacial score (nSPS) is 11.8. The SMILES string of the molecule is Cc1nc(N)nc(N)c1C#CC(C)(C)c1cnc(OC(C)(C)C)s1. The van der Waals surface area contributed by atoms with Gasteiger partial charge in [-0.15, -0.1) is 0 Å². The van der Waals surface area contributed by atoms with Crippen LogP contribution in [0.15, 0.2) is 6.20 Å². The van der Waals surface area contributed by atoms with Crippen molar-refractivity contribution in [2.24, 2.45) is 0 Å². The van der Waals surface area contributed by atoms with Crippen LogP contribution >= 0.6 is 11.3 Å². The van der Waals surface area contributed by atoms with Crippen LogP contribution in [0.3, 0.4) is 0 Å². The lowest BCUT2D eigenvalue weighted by molar-refractivity contribution is 0.130. The van der Waals surface area contributed by atoms with Crippen LogP contribution in [-0.4, -0.2) is 20.6 Å². The molecule has 0 bridgehead atoms. The molecule has 2 heterocycles. The summed E-state index contributed by atoms with van der Waals surface area (Å²) in [6, 6.07) is 0. The van der Waals surface area contributed by atoms with Gasteiger partial charge in [0.25, 0.3) is 5.19 Å². The van der Waals surface area contributed by atoms with E-state index in [4.69, 9.17) is 16.2 Å². The second-order valence-electron chi connectivity index (χ2n) is 7.01. The van der Waals surface area contributed by atoms with E-state index in [1.165, 1.54) is 11.3 Å². The fourth-order valence-corrected chi connectivity index (χ4v) is 2.91. The van der Waals surface area contributed by atoms with Crippen molar-refractivity contribution in [2.75, 3.05) is 11.5 Å². The maximum absolute atomic E-state index is 5.90. The van der Waals surface area contributed by atoms with Gasteiger partial charge < -0.3 is 16.2 Å². The molecule has 0 saturated carbocycles. The number of anilines is 2. The minimum absolute atomic E-state index is 0.154. The molecule has 0 amide bonds. The van der Waals surface area contributed by atoms with Gasteiger partial charge in [-0.25, -0.2) is 9.97 Å². The number of ether oxygens (including phenoxy) is 1. The fourth-order valence-electron chi connectivity index (χ4n) is 1.91. The summed E-state index contributed by atoms with van der Waals surface area (Å²) in [6.45, 7) is 11.8. The summed E-state index contributed by atoms with van der Waals surface area (Å²) < 4.78 is 5.80. The topological polar surface area (TPSA) is 99.9 Å². The van der Waals surface area contributed by atoms with Gasteiger partial charge in [-0.05, 0) is 41.5 Å². The molecule has 128 valence electrons. The van der Waals surface area contributed by atoms with Crippen LogP contribution < -0.4 is 16.2 Å². The van der Waals surface area contributed by atoms with Gasteiger partial charge in [0.1, 0.15) is 11.4 Å². The van der Waals surface area contributed by atoms with Crippen LogP contribution in [0.1, 0.15) is 50.8 Å². The molecule has 2 aromatic rings. The van der Waals surface area contributed by atoms with Crippen LogP contribution in [0.5, 0.6) is 5.19 Å². The van der Waals surface area contributed by atoms with Crippen molar-refractivity contribution in [1.29, 1.82) is 0 Å². The Balaban J connectivity index is 2.30. The number of nitrogens with two attached hydrogens (primary N) is 2. The maximum Gasteiger partial charge on any atom is 0.273 e. The van der Waals surface area contributed by atoms with Gasteiger partial charge in [0.2, 0.25) is 5.95 Å². The number of nitrogen functional groups attached to an aromatic ring is 2. The average Bonchev–Trinajstić information content (AvgIpc) is 2.84. The average molecular weight is 345 g/mol. The Kier molecular flexibility index (Phi) is 4.72. The molecule has 0 aliphatic heterocycles. The Labute approximate surface area is 146 Å². The highest BCUT2D eigenvalue weighted by atomic mass is 32.1. The van der Waals surface area contributed by atoms with Gasteiger partial charge in [-0.1, -0.05) is 23.2 Å². The first kappa shape index (κ1) is 18.0. The molecule has 0 saturated heterocycles. The molecule has 0 aliphatic carbocycles. The Morgan fingerprint density at radius 1 is 1.12 bits per heavy atom. The monoisotopic (exact) mass is 345 g/mol. The fraction of sp³-hybridized carbons (Fsp3) is 0.471. The van der Waals surface area contributed by atoms with E-state index in [9.17, 15) is 0 Å². The Morgan fingerprint density at radius 3 is 2.38 bits per heavy atom. The molecule has 0 spiro atoms. The molecule has 0 unspecified atom stereocenters. The number of rotatable bonds is 2. The summed E-state index contributed by atoms with van der Waals surface area (Å²) in [5.74, 6) is 6.77. The number of thiazole rings is 1. The van der Waals surface area contributed by atoms with E-state index in [-0.39, 0.29) is 11.5 Å². The van der Waals surface area contributed by atoms with Crippen LogP contribution in [0.2, 0.25) is 0 Å². The minimum Gasteiger partial charge on any atom is -0.464 e. The lowest BCUT2D eigenvalue weighted by Gasteiger charge is -2.18. The van der Waals surface area contributed by atoms with Crippen molar-refractivity contribution in [3.05, 3.63) is 22.3 Å². The number of nitrogens with zero attached hydrogens (tertiary/aromatic N) is 3. The molecule has 6 nitrogen and oxygen atoms in total. The van der Waals surface area contributed by atoms with E-state index in [1.54, 1.807) is 6.20 Å².